The van der Waals surface area contributed by atoms with Crippen LogP contribution >= 0.6 is 0 Å². The van der Waals surface area contributed by atoms with Crippen LogP contribution in [0, 0.1) is 0 Å². The maximum absolute atomic E-state index is 11.8. The zero-order valence-corrected chi connectivity index (χ0v) is 12.8. The fourth-order valence-electron chi connectivity index (χ4n) is 2.39. The van der Waals surface area contributed by atoms with Crippen molar-refractivity contribution in [2.45, 2.75) is 45.3 Å². The molecule has 116 valence electrons. The molecule has 2 N–H and O–H groups in total. The van der Waals surface area contributed by atoms with Crippen LogP contribution in [0.4, 0.5) is 10.6 Å². The van der Waals surface area contributed by atoms with Gasteiger partial charge in [0.15, 0.2) is 11.6 Å². The van der Waals surface area contributed by atoms with E-state index in [1.165, 1.54) is 0 Å². The van der Waals surface area contributed by atoms with Crippen LogP contribution in [0.15, 0.2) is 18.3 Å². The zero-order valence-electron chi connectivity index (χ0n) is 12.8. The Morgan fingerprint density at radius 1 is 1.52 bits per heavy atom. The predicted octanol–water partition coefficient (Wildman–Crippen LogP) is 2.28. The Kier molecular flexibility index (Phi) is 4.55. The van der Waals surface area contributed by atoms with Gasteiger partial charge < -0.3 is 20.1 Å². The molecule has 0 radical (unpaired) electrons. The number of aromatic hydroxyl groups is 1. The van der Waals surface area contributed by atoms with E-state index in [4.69, 9.17) is 4.74 Å². The highest BCUT2D eigenvalue weighted by Gasteiger charge is 2.25. The molecule has 2 heterocycles. The number of hydrogen-bond donors (Lipinski definition) is 2. The third-order valence-corrected chi connectivity index (χ3v) is 3.21. The first kappa shape index (κ1) is 15.4. The van der Waals surface area contributed by atoms with Crippen molar-refractivity contribution in [2.24, 2.45) is 0 Å². The topological polar surface area (TPSA) is 74.7 Å². The van der Waals surface area contributed by atoms with Gasteiger partial charge in [-0.25, -0.2) is 9.78 Å². The molecule has 1 aliphatic rings. The summed E-state index contributed by atoms with van der Waals surface area (Å²) in [5.41, 5.74) is -0.502. The Morgan fingerprint density at radius 2 is 2.29 bits per heavy atom. The number of piperidine rings is 1. The number of aromatic nitrogens is 1. The summed E-state index contributed by atoms with van der Waals surface area (Å²) in [5.74, 6) is 0.726. The Bertz CT molecular complexity index is 499. The quantitative estimate of drug-likeness (QED) is 0.875. The van der Waals surface area contributed by atoms with Gasteiger partial charge in [-0.15, -0.1) is 0 Å². The second kappa shape index (κ2) is 6.20. The number of pyridine rings is 1. The SMILES string of the molecule is CC(C)(C)OC(=O)NC1CCCN(c2ncccc2O)C1. The van der Waals surface area contributed by atoms with Crippen LogP contribution < -0.4 is 10.2 Å². The van der Waals surface area contributed by atoms with Gasteiger partial charge in [0.1, 0.15) is 5.60 Å². The van der Waals surface area contributed by atoms with Gasteiger partial charge in [0, 0.05) is 25.3 Å². The van der Waals surface area contributed by atoms with E-state index in [9.17, 15) is 9.90 Å². The van der Waals surface area contributed by atoms with Crippen LogP contribution in [0.3, 0.4) is 0 Å². The molecule has 1 fully saturated rings. The molecule has 0 spiro atoms. The average Bonchev–Trinajstić information content (AvgIpc) is 2.37. The van der Waals surface area contributed by atoms with Crippen LogP contribution in [0.5, 0.6) is 5.75 Å². The standard InChI is InChI=1S/C15H23N3O3/c1-15(2,3)21-14(20)17-11-6-5-9-18(10-11)13-12(19)7-4-8-16-13/h4,7-8,11,19H,5-6,9-10H2,1-3H3,(H,17,20). The lowest BCUT2D eigenvalue weighted by molar-refractivity contribution is 0.0500. The third kappa shape index (κ3) is 4.51. The molecule has 21 heavy (non-hydrogen) atoms. The number of alkyl carbamates (subject to hydrolysis) is 1. The molecule has 0 aliphatic carbocycles. The number of nitrogens with zero attached hydrogens (tertiary/aromatic N) is 2. The third-order valence-electron chi connectivity index (χ3n) is 3.21. The van der Waals surface area contributed by atoms with Crippen molar-refractivity contribution >= 4 is 11.9 Å². The zero-order chi connectivity index (χ0) is 15.5. The van der Waals surface area contributed by atoms with Crippen molar-refractivity contribution in [1.82, 2.24) is 10.3 Å². The molecule has 6 heteroatoms. The van der Waals surface area contributed by atoms with Crippen molar-refractivity contribution in [3.63, 3.8) is 0 Å². The first-order chi connectivity index (χ1) is 9.85. The lowest BCUT2D eigenvalue weighted by Gasteiger charge is -2.34. The Balaban J connectivity index is 1.95. The number of carbonyl (C=O) groups excluding carboxylic acids is 1. The highest BCUT2D eigenvalue weighted by atomic mass is 16.6. The van der Waals surface area contributed by atoms with E-state index >= 15 is 0 Å². The lowest BCUT2D eigenvalue weighted by Crippen LogP contribution is -2.49. The first-order valence-electron chi connectivity index (χ1n) is 7.23. The van der Waals surface area contributed by atoms with E-state index in [1.807, 2.05) is 25.7 Å². The van der Waals surface area contributed by atoms with Gasteiger partial charge in [0.25, 0.3) is 0 Å². The maximum atomic E-state index is 11.8. The summed E-state index contributed by atoms with van der Waals surface area (Å²) < 4.78 is 5.27. The Labute approximate surface area is 125 Å². The molecule has 1 saturated heterocycles. The number of carbonyl (C=O) groups is 1. The van der Waals surface area contributed by atoms with E-state index < -0.39 is 11.7 Å². The second-order valence-electron chi connectivity index (χ2n) is 6.28. The highest BCUT2D eigenvalue weighted by molar-refractivity contribution is 5.68. The van der Waals surface area contributed by atoms with E-state index in [-0.39, 0.29) is 11.8 Å². The molecule has 1 atom stereocenters. The minimum absolute atomic E-state index is 0.00462. The molecule has 1 aromatic heterocycles. The average molecular weight is 293 g/mol. The Hall–Kier alpha value is -1.98. The van der Waals surface area contributed by atoms with Crippen molar-refractivity contribution in [3.05, 3.63) is 18.3 Å². The minimum atomic E-state index is -0.502. The van der Waals surface area contributed by atoms with E-state index in [0.29, 0.717) is 12.4 Å². The monoisotopic (exact) mass is 293 g/mol. The first-order valence-corrected chi connectivity index (χ1v) is 7.23. The molecular formula is C15H23N3O3. The summed E-state index contributed by atoms with van der Waals surface area (Å²) in [6.07, 6.45) is 3.07. The van der Waals surface area contributed by atoms with Crippen molar-refractivity contribution < 1.29 is 14.6 Å². The fourth-order valence-corrected chi connectivity index (χ4v) is 2.39. The molecule has 1 unspecified atom stereocenters. The molecular weight excluding hydrogens is 270 g/mol. The number of anilines is 1. The molecule has 1 aliphatic heterocycles. The molecule has 0 bridgehead atoms. The predicted molar refractivity (Wildman–Crippen MR) is 80.5 cm³/mol. The maximum Gasteiger partial charge on any atom is 0.407 e. The van der Waals surface area contributed by atoms with E-state index in [2.05, 4.69) is 10.3 Å². The number of nitrogens with one attached hydrogen (secondary N) is 1. The molecule has 2 rings (SSSR count). The van der Waals surface area contributed by atoms with Gasteiger partial charge in [-0.1, -0.05) is 0 Å². The number of rotatable bonds is 2. The molecule has 1 aromatic rings. The summed E-state index contributed by atoms with van der Waals surface area (Å²) >= 11 is 0. The normalized spacial score (nSPS) is 19.2. The highest BCUT2D eigenvalue weighted by Crippen LogP contribution is 2.26. The van der Waals surface area contributed by atoms with Crippen LogP contribution in [-0.4, -0.2) is 40.9 Å². The van der Waals surface area contributed by atoms with Gasteiger partial charge >= 0.3 is 6.09 Å². The fraction of sp³-hybridized carbons (Fsp3) is 0.600. The van der Waals surface area contributed by atoms with Gasteiger partial charge in [0.2, 0.25) is 0 Å². The summed E-state index contributed by atoms with van der Waals surface area (Å²) in [5, 5.41) is 12.7. The van der Waals surface area contributed by atoms with Gasteiger partial charge in [-0.2, -0.15) is 0 Å². The largest absolute Gasteiger partial charge is 0.504 e. The summed E-state index contributed by atoms with van der Waals surface area (Å²) in [4.78, 5) is 18.0. The Morgan fingerprint density at radius 3 is 2.95 bits per heavy atom. The number of amides is 1. The van der Waals surface area contributed by atoms with E-state index in [1.54, 1.807) is 18.3 Å². The van der Waals surface area contributed by atoms with Crippen LogP contribution in [-0.2, 0) is 4.74 Å². The molecule has 1 amide bonds. The van der Waals surface area contributed by atoms with Gasteiger partial charge in [-0.05, 0) is 45.7 Å². The lowest BCUT2D eigenvalue weighted by atomic mass is 10.1. The summed E-state index contributed by atoms with van der Waals surface area (Å²) in [7, 11) is 0. The summed E-state index contributed by atoms with van der Waals surface area (Å²) in [6, 6.07) is 3.31. The smallest absolute Gasteiger partial charge is 0.407 e. The number of ether oxygens (including phenoxy) is 1. The van der Waals surface area contributed by atoms with Crippen molar-refractivity contribution in [1.29, 1.82) is 0 Å². The summed E-state index contributed by atoms with van der Waals surface area (Å²) in [6.45, 7) is 6.95. The van der Waals surface area contributed by atoms with Gasteiger partial charge in [-0.3, -0.25) is 0 Å². The minimum Gasteiger partial charge on any atom is -0.504 e. The molecule has 0 saturated carbocycles. The van der Waals surface area contributed by atoms with E-state index in [0.717, 1.165) is 19.4 Å². The van der Waals surface area contributed by atoms with Crippen LogP contribution in [0.2, 0.25) is 0 Å². The second-order valence-corrected chi connectivity index (χ2v) is 6.28. The van der Waals surface area contributed by atoms with Crippen LogP contribution in [0.25, 0.3) is 0 Å². The molecule has 0 aromatic carbocycles. The molecule has 6 nitrogen and oxygen atoms in total. The number of hydrogen-bond acceptors (Lipinski definition) is 5. The van der Waals surface area contributed by atoms with Crippen molar-refractivity contribution in [3.8, 4) is 5.75 Å². The van der Waals surface area contributed by atoms with Gasteiger partial charge in [0.05, 0.1) is 0 Å². The van der Waals surface area contributed by atoms with Crippen LogP contribution in [0.1, 0.15) is 33.6 Å². The van der Waals surface area contributed by atoms with Crippen molar-refractivity contribution in [2.75, 3.05) is 18.0 Å².